The van der Waals surface area contributed by atoms with Crippen molar-refractivity contribution in [3.8, 4) is 0 Å². The molecule has 0 aliphatic rings. The number of hydrogen-bond donors (Lipinski definition) is 1. The summed E-state index contributed by atoms with van der Waals surface area (Å²) in [7, 11) is 0. The summed E-state index contributed by atoms with van der Waals surface area (Å²) in [5.74, 6) is -1.40. The number of carbonyl (C=O) groups excluding carboxylic acids is 3. The zero-order valence-electron chi connectivity index (χ0n) is 15.3. The molecule has 138 valence electrons. The molecular formula is C21H24O5. The van der Waals surface area contributed by atoms with Crippen molar-refractivity contribution < 1.29 is 24.3 Å². The number of allylic oxidation sites excluding steroid dienone is 3. The van der Waals surface area contributed by atoms with E-state index in [9.17, 15) is 19.2 Å². The highest BCUT2D eigenvalue weighted by molar-refractivity contribution is 6.06. The molecule has 5 heteroatoms. The van der Waals surface area contributed by atoms with Gasteiger partial charge in [0.2, 0.25) is 0 Å². The highest BCUT2D eigenvalue weighted by Gasteiger charge is 2.24. The first-order chi connectivity index (χ1) is 12.1. The molecule has 0 aliphatic carbocycles. The first-order valence-electron chi connectivity index (χ1n) is 8.39. The Hall–Kier alpha value is -2.82. The van der Waals surface area contributed by atoms with Gasteiger partial charge in [0, 0.05) is 11.8 Å². The summed E-state index contributed by atoms with van der Waals surface area (Å²) >= 11 is 0. The standard InChI is InChI=1S/C21H24O5/c1-15(22)5-4-14-21(2,3)19(24)13-12-18(23)11-8-16-6-9-17(10-7-16)20(25)26/h6-13H,4-5,14H2,1-3H3,(H,25,26)/b11-8+,13-12+. The van der Waals surface area contributed by atoms with Gasteiger partial charge in [0.05, 0.1) is 5.56 Å². The van der Waals surface area contributed by atoms with Crippen molar-refractivity contribution in [1.82, 2.24) is 0 Å². The fraction of sp³-hybridized carbons (Fsp3) is 0.333. The quantitative estimate of drug-likeness (QED) is 0.643. The van der Waals surface area contributed by atoms with Crippen LogP contribution >= 0.6 is 0 Å². The molecule has 0 amide bonds. The van der Waals surface area contributed by atoms with Crippen LogP contribution in [0.2, 0.25) is 0 Å². The molecule has 26 heavy (non-hydrogen) atoms. The number of Topliss-reactive ketones (excluding diaryl/α,β-unsaturated/α-hetero) is 1. The van der Waals surface area contributed by atoms with Crippen LogP contribution in [0.1, 0.15) is 56.0 Å². The predicted molar refractivity (Wildman–Crippen MR) is 99.9 cm³/mol. The zero-order chi connectivity index (χ0) is 19.7. The van der Waals surface area contributed by atoms with E-state index in [2.05, 4.69) is 0 Å². The van der Waals surface area contributed by atoms with Gasteiger partial charge >= 0.3 is 5.97 Å². The van der Waals surface area contributed by atoms with E-state index in [0.29, 0.717) is 24.8 Å². The molecule has 0 bridgehead atoms. The van der Waals surface area contributed by atoms with E-state index in [1.54, 1.807) is 32.1 Å². The molecule has 0 spiro atoms. The Morgan fingerprint density at radius 3 is 2.15 bits per heavy atom. The average molecular weight is 356 g/mol. The Labute approximate surface area is 153 Å². The van der Waals surface area contributed by atoms with Crippen LogP contribution in [0.25, 0.3) is 6.08 Å². The third-order valence-corrected chi connectivity index (χ3v) is 3.99. The van der Waals surface area contributed by atoms with Crippen LogP contribution in [0.15, 0.2) is 42.5 Å². The summed E-state index contributed by atoms with van der Waals surface area (Å²) in [6, 6.07) is 6.10. The Bertz CT molecular complexity index is 736. The van der Waals surface area contributed by atoms with Crippen LogP contribution in [0, 0.1) is 5.41 Å². The lowest BCUT2D eigenvalue weighted by Crippen LogP contribution is -2.22. The molecule has 1 N–H and O–H groups in total. The maximum atomic E-state index is 12.2. The van der Waals surface area contributed by atoms with Crippen molar-refractivity contribution in [3.05, 3.63) is 53.6 Å². The largest absolute Gasteiger partial charge is 0.478 e. The molecule has 0 aromatic heterocycles. The molecular weight excluding hydrogens is 332 g/mol. The van der Waals surface area contributed by atoms with E-state index < -0.39 is 11.4 Å². The molecule has 0 radical (unpaired) electrons. The van der Waals surface area contributed by atoms with Crippen molar-refractivity contribution >= 4 is 29.4 Å². The topological polar surface area (TPSA) is 88.5 Å². The summed E-state index contributed by atoms with van der Waals surface area (Å²) in [6.45, 7) is 5.11. The Kier molecular flexibility index (Phi) is 7.84. The normalized spacial score (nSPS) is 11.8. The van der Waals surface area contributed by atoms with Crippen molar-refractivity contribution in [2.75, 3.05) is 0 Å². The van der Waals surface area contributed by atoms with E-state index >= 15 is 0 Å². The van der Waals surface area contributed by atoms with Gasteiger partial charge in [0.15, 0.2) is 11.6 Å². The Morgan fingerprint density at radius 1 is 1.00 bits per heavy atom. The van der Waals surface area contributed by atoms with Gasteiger partial charge in [-0.05, 0) is 55.7 Å². The molecule has 5 nitrogen and oxygen atoms in total. The molecule has 0 unspecified atom stereocenters. The van der Waals surface area contributed by atoms with Gasteiger partial charge < -0.3 is 9.90 Å². The summed E-state index contributed by atoms with van der Waals surface area (Å²) in [5, 5.41) is 8.83. The van der Waals surface area contributed by atoms with Crippen LogP contribution < -0.4 is 0 Å². The number of carboxylic acid groups (broad SMARTS) is 1. The molecule has 0 saturated heterocycles. The Balaban J connectivity index is 2.61. The number of carbonyl (C=O) groups is 4. The maximum absolute atomic E-state index is 12.2. The van der Waals surface area contributed by atoms with Crippen LogP contribution in [-0.2, 0) is 14.4 Å². The van der Waals surface area contributed by atoms with Gasteiger partial charge in [-0.25, -0.2) is 4.79 Å². The predicted octanol–water partition coefficient (Wildman–Crippen LogP) is 3.88. The van der Waals surface area contributed by atoms with Gasteiger partial charge in [-0.3, -0.25) is 9.59 Å². The summed E-state index contributed by atoms with van der Waals surface area (Å²) < 4.78 is 0. The minimum absolute atomic E-state index is 0.0977. The lowest BCUT2D eigenvalue weighted by atomic mass is 9.82. The van der Waals surface area contributed by atoms with E-state index in [1.807, 2.05) is 0 Å². The number of ketones is 3. The van der Waals surface area contributed by atoms with Gasteiger partial charge in [-0.15, -0.1) is 0 Å². The van der Waals surface area contributed by atoms with E-state index in [-0.39, 0.29) is 22.9 Å². The number of benzene rings is 1. The van der Waals surface area contributed by atoms with Crippen LogP contribution in [-0.4, -0.2) is 28.4 Å². The van der Waals surface area contributed by atoms with Crippen molar-refractivity contribution in [2.24, 2.45) is 5.41 Å². The van der Waals surface area contributed by atoms with Gasteiger partial charge in [-0.2, -0.15) is 0 Å². The second-order valence-electron chi connectivity index (χ2n) is 6.80. The smallest absolute Gasteiger partial charge is 0.335 e. The molecule has 1 aromatic rings. The molecule has 0 aliphatic heterocycles. The second kappa shape index (κ2) is 9.61. The monoisotopic (exact) mass is 356 g/mol. The molecule has 0 saturated carbocycles. The maximum Gasteiger partial charge on any atom is 0.335 e. The molecule has 1 aromatic carbocycles. The van der Waals surface area contributed by atoms with Crippen LogP contribution in [0.4, 0.5) is 0 Å². The number of aromatic carboxylic acids is 1. The summed E-state index contributed by atoms with van der Waals surface area (Å²) in [4.78, 5) is 45.8. The molecule has 0 heterocycles. The fourth-order valence-corrected chi connectivity index (χ4v) is 2.26. The SMILES string of the molecule is CC(=O)CCCC(C)(C)C(=O)/C=C/C(=O)/C=C/c1ccc(C(=O)O)cc1. The Morgan fingerprint density at radius 2 is 1.62 bits per heavy atom. The molecule has 0 atom stereocenters. The highest BCUT2D eigenvalue weighted by atomic mass is 16.4. The number of hydrogen-bond acceptors (Lipinski definition) is 4. The third kappa shape index (κ3) is 7.38. The lowest BCUT2D eigenvalue weighted by molar-refractivity contribution is -0.123. The molecule has 0 fully saturated rings. The van der Waals surface area contributed by atoms with Crippen LogP contribution in [0.5, 0.6) is 0 Å². The minimum Gasteiger partial charge on any atom is -0.478 e. The van der Waals surface area contributed by atoms with Crippen molar-refractivity contribution in [2.45, 2.75) is 40.0 Å². The van der Waals surface area contributed by atoms with Gasteiger partial charge in [-0.1, -0.05) is 32.1 Å². The van der Waals surface area contributed by atoms with E-state index in [0.717, 1.165) is 0 Å². The number of carboxylic acids is 1. The van der Waals surface area contributed by atoms with Gasteiger partial charge in [0.25, 0.3) is 0 Å². The van der Waals surface area contributed by atoms with Crippen molar-refractivity contribution in [1.29, 1.82) is 0 Å². The minimum atomic E-state index is -1.01. The summed E-state index contributed by atoms with van der Waals surface area (Å²) in [5.41, 5.74) is 0.237. The van der Waals surface area contributed by atoms with Gasteiger partial charge in [0.1, 0.15) is 5.78 Å². The highest BCUT2D eigenvalue weighted by Crippen LogP contribution is 2.25. The second-order valence-corrected chi connectivity index (χ2v) is 6.80. The van der Waals surface area contributed by atoms with E-state index in [4.69, 9.17) is 5.11 Å². The lowest BCUT2D eigenvalue weighted by Gasteiger charge is -2.20. The zero-order valence-corrected chi connectivity index (χ0v) is 15.3. The van der Waals surface area contributed by atoms with Crippen molar-refractivity contribution in [3.63, 3.8) is 0 Å². The fourth-order valence-electron chi connectivity index (χ4n) is 2.26. The number of rotatable bonds is 10. The van der Waals surface area contributed by atoms with Crippen LogP contribution in [0.3, 0.4) is 0 Å². The molecule has 1 rings (SSSR count). The average Bonchev–Trinajstić information content (AvgIpc) is 2.57. The summed E-state index contributed by atoms with van der Waals surface area (Å²) in [6.07, 6.45) is 7.04. The first-order valence-corrected chi connectivity index (χ1v) is 8.39. The third-order valence-electron chi connectivity index (χ3n) is 3.99. The first kappa shape index (κ1) is 21.2. The van der Waals surface area contributed by atoms with E-state index in [1.165, 1.54) is 37.3 Å².